The monoisotopic (exact) mass is 427 g/mol. The molecule has 1 unspecified atom stereocenters. The summed E-state index contributed by atoms with van der Waals surface area (Å²) in [5.74, 6) is -0.310. The molecule has 0 aliphatic heterocycles. The highest BCUT2D eigenvalue weighted by molar-refractivity contribution is 7.09. The Hall–Kier alpha value is -1.51. The lowest BCUT2D eigenvalue weighted by molar-refractivity contribution is -0.138. The smallest absolute Gasteiger partial charge is 0.357 e. The SMILES string of the molecule is CCCN(C(=O)C(N)C(CC)CC)[C@H](C[C@@H](O)c1nc(C(=O)OC)cs1)C(C)C. The van der Waals surface area contributed by atoms with Crippen molar-refractivity contribution in [3.8, 4) is 0 Å². The third-order valence-corrected chi connectivity index (χ3v) is 6.37. The molecule has 1 aromatic rings. The second-order valence-electron chi connectivity index (χ2n) is 7.76. The van der Waals surface area contributed by atoms with Gasteiger partial charge in [0.1, 0.15) is 11.1 Å². The number of hydrogen-bond acceptors (Lipinski definition) is 7. The van der Waals surface area contributed by atoms with Crippen LogP contribution in [0.25, 0.3) is 0 Å². The summed E-state index contributed by atoms with van der Waals surface area (Å²) < 4.78 is 4.68. The normalized spacial score (nSPS) is 14.7. The predicted octanol–water partition coefficient (Wildman–Crippen LogP) is 3.38. The van der Waals surface area contributed by atoms with Gasteiger partial charge in [0.05, 0.1) is 13.2 Å². The van der Waals surface area contributed by atoms with E-state index in [2.05, 4.69) is 23.6 Å². The van der Waals surface area contributed by atoms with Crippen LogP contribution in [-0.4, -0.2) is 52.6 Å². The summed E-state index contributed by atoms with van der Waals surface area (Å²) in [5.41, 5.74) is 6.52. The lowest BCUT2D eigenvalue weighted by Crippen LogP contribution is -2.53. The summed E-state index contributed by atoms with van der Waals surface area (Å²) in [6, 6.07) is -0.718. The van der Waals surface area contributed by atoms with Gasteiger partial charge in [-0.15, -0.1) is 11.3 Å². The first kappa shape index (κ1) is 25.5. The summed E-state index contributed by atoms with van der Waals surface area (Å²) in [4.78, 5) is 30.9. The number of rotatable bonds is 12. The second-order valence-corrected chi connectivity index (χ2v) is 8.65. The Bertz CT molecular complexity index is 646. The van der Waals surface area contributed by atoms with Crippen molar-refractivity contribution in [2.24, 2.45) is 17.6 Å². The fourth-order valence-corrected chi connectivity index (χ4v) is 4.38. The zero-order chi connectivity index (χ0) is 22.1. The summed E-state index contributed by atoms with van der Waals surface area (Å²) in [5, 5.41) is 12.8. The van der Waals surface area contributed by atoms with Crippen LogP contribution < -0.4 is 5.73 Å². The summed E-state index contributed by atoms with van der Waals surface area (Å²) >= 11 is 1.22. The van der Waals surface area contributed by atoms with Crippen molar-refractivity contribution in [1.29, 1.82) is 0 Å². The molecule has 0 saturated heterocycles. The van der Waals surface area contributed by atoms with Gasteiger partial charge in [-0.3, -0.25) is 4.79 Å². The lowest BCUT2D eigenvalue weighted by atomic mass is 9.91. The molecular formula is C21H37N3O4S. The average molecular weight is 428 g/mol. The molecule has 0 aliphatic rings. The molecule has 1 rings (SSSR count). The Morgan fingerprint density at radius 3 is 2.38 bits per heavy atom. The van der Waals surface area contributed by atoms with Crippen molar-refractivity contribution in [2.75, 3.05) is 13.7 Å². The molecule has 0 spiro atoms. The first-order valence-electron chi connectivity index (χ1n) is 10.5. The van der Waals surface area contributed by atoms with Gasteiger partial charge in [0, 0.05) is 24.4 Å². The van der Waals surface area contributed by atoms with Crippen LogP contribution in [0.4, 0.5) is 0 Å². The number of esters is 1. The zero-order valence-electron chi connectivity index (χ0n) is 18.6. The fraction of sp³-hybridized carbons (Fsp3) is 0.762. The molecule has 0 bridgehead atoms. The van der Waals surface area contributed by atoms with Gasteiger partial charge in [-0.25, -0.2) is 9.78 Å². The molecule has 166 valence electrons. The highest BCUT2D eigenvalue weighted by Crippen LogP contribution is 2.28. The number of nitrogens with zero attached hydrogens (tertiary/aromatic N) is 2. The molecule has 1 heterocycles. The minimum atomic E-state index is -0.873. The van der Waals surface area contributed by atoms with E-state index in [1.807, 2.05) is 25.7 Å². The molecule has 29 heavy (non-hydrogen) atoms. The summed E-state index contributed by atoms with van der Waals surface area (Å²) in [6.07, 6.45) is 1.99. The maximum absolute atomic E-state index is 13.2. The van der Waals surface area contributed by atoms with Crippen molar-refractivity contribution < 1.29 is 19.4 Å². The van der Waals surface area contributed by atoms with E-state index in [4.69, 9.17) is 5.73 Å². The number of aliphatic hydroxyl groups excluding tert-OH is 1. The van der Waals surface area contributed by atoms with Crippen LogP contribution in [0.15, 0.2) is 5.38 Å². The van der Waals surface area contributed by atoms with Gasteiger partial charge in [-0.1, -0.05) is 47.5 Å². The van der Waals surface area contributed by atoms with Crippen molar-refractivity contribution in [3.63, 3.8) is 0 Å². The van der Waals surface area contributed by atoms with E-state index in [9.17, 15) is 14.7 Å². The third-order valence-electron chi connectivity index (χ3n) is 5.43. The van der Waals surface area contributed by atoms with E-state index in [1.165, 1.54) is 18.4 Å². The molecule has 3 N–H and O–H groups in total. The third kappa shape index (κ3) is 6.76. The topological polar surface area (TPSA) is 106 Å². The van der Waals surface area contributed by atoms with Gasteiger partial charge < -0.3 is 20.5 Å². The highest BCUT2D eigenvalue weighted by atomic mass is 32.1. The first-order chi connectivity index (χ1) is 13.7. The molecule has 0 saturated carbocycles. The number of aliphatic hydroxyl groups is 1. The van der Waals surface area contributed by atoms with Crippen molar-refractivity contribution in [3.05, 3.63) is 16.1 Å². The van der Waals surface area contributed by atoms with E-state index in [0.717, 1.165) is 19.3 Å². The van der Waals surface area contributed by atoms with E-state index < -0.39 is 18.1 Å². The van der Waals surface area contributed by atoms with Crippen molar-refractivity contribution >= 4 is 23.2 Å². The Balaban J connectivity index is 3.05. The fourth-order valence-electron chi connectivity index (χ4n) is 3.60. The average Bonchev–Trinajstić information content (AvgIpc) is 3.20. The van der Waals surface area contributed by atoms with Crippen LogP contribution in [0.1, 0.15) is 81.9 Å². The van der Waals surface area contributed by atoms with Crippen LogP contribution in [0, 0.1) is 11.8 Å². The van der Waals surface area contributed by atoms with Crippen LogP contribution in [-0.2, 0) is 9.53 Å². The van der Waals surface area contributed by atoms with Crippen LogP contribution in [0.3, 0.4) is 0 Å². The quantitative estimate of drug-likeness (QED) is 0.495. The van der Waals surface area contributed by atoms with Gasteiger partial charge in [0.2, 0.25) is 5.91 Å². The van der Waals surface area contributed by atoms with Gasteiger partial charge in [0.15, 0.2) is 5.69 Å². The van der Waals surface area contributed by atoms with Crippen LogP contribution >= 0.6 is 11.3 Å². The van der Waals surface area contributed by atoms with Crippen LogP contribution in [0.2, 0.25) is 0 Å². The summed E-state index contributed by atoms with van der Waals surface area (Å²) in [7, 11) is 1.30. The molecular weight excluding hydrogens is 390 g/mol. The van der Waals surface area contributed by atoms with Crippen LogP contribution in [0.5, 0.6) is 0 Å². The van der Waals surface area contributed by atoms with Crippen molar-refractivity contribution in [2.45, 2.75) is 78.5 Å². The molecule has 1 aromatic heterocycles. The van der Waals surface area contributed by atoms with E-state index in [1.54, 1.807) is 5.38 Å². The number of thiazole rings is 1. The van der Waals surface area contributed by atoms with Crippen molar-refractivity contribution in [1.82, 2.24) is 9.88 Å². The standard InChI is InChI=1S/C21H37N3O4S/c1-7-10-24(20(26)18(22)14(8-2)9-3)16(13(4)5)11-17(25)19-23-15(12-29-19)21(27)28-6/h12-14,16-18,25H,7-11,22H2,1-6H3/t16-,17-,18?/m1/s1. The number of aromatic nitrogens is 1. The number of ether oxygens (including phenoxy) is 1. The first-order valence-corrected chi connectivity index (χ1v) is 11.4. The maximum atomic E-state index is 13.2. The molecule has 0 fully saturated rings. The Morgan fingerprint density at radius 1 is 1.28 bits per heavy atom. The van der Waals surface area contributed by atoms with E-state index in [-0.39, 0.29) is 29.5 Å². The largest absolute Gasteiger partial charge is 0.464 e. The Labute approximate surface area is 178 Å². The number of methoxy groups -OCH3 is 1. The van der Waals surface area contributed by atoms with Gasteiger partial charge in [0.25, 0.3) is 0 Å². The lowest BCUT2D eigenvalue weighted by Gasteiger charge is -2.38. The highest BCUT2D eigenvalue weighted by Gasteiger charge is 2.34. The number of nitrogens with two attached hydrogens (primary N) is 1. The molecule has 7 nitrogen and oxygen atoms in total. The van der Waals surface area contributed by atoms with Gasteiger partial charge >= 0.3 is 5.97 Å². The number of hydrogen-bond donors (Lipinski definition) is 2. The summed E-state index contributed by atoms with van der Waals surface area (Å²) in [6.45, 7) is 10.8. The number of amides is 1. The second kappa shape index (κ2) is 12.2. The molecule has 1 amide bonds. The molecule has 8 heteroatoms. The number of carbonyl (C=O) groups is 2. The van der Waals surface area contributed by atoms with Gasteiger partial charge in [-0.05, 0) is 18.3 Å². The molecule has 0 radical (unpaired) electrons. The molecule has 0 aromatic carbocycles. The number of carbonyl (C=O) groups excluding carboxylic acids is 2. The molecule has 0 aliphatic carbocycles. The minimum absolute atomic E-state index is 0.0548. The zero-order valence-corrected chi connectivity index (χ0v) is 19.4. The maximum Gasteiger partial charge on any atom is 0.357 e. The molecule has 3 atom stereocenters. The van der Waals surface area contributed by atoms with E-state index >= 15 is 0 Å². The van der Waals surface area contributed by atoms with E-state index in [0.29, 0.717) is 18.0 Å². The Kier molecular flexibility index (Phi) is 10.8. The predicted molar refractivity (Wildman–Crippen MR) is 116 cm³/mol. The Morgan fingerprint density at radius 2 is 1.90 bits per heavy atom. The minimum Gasteiger partial charge on any atom is -0.464 e. The van der Waals surface area contributed by atoms with Gasteiger partial charge in [-0.2, -0.15) is 0 Å².